The predicted octanol–water partition coefficient (Wildman–Crippen LogP) is 2.55. The molecule has 0 bridgehead atoms. The van der Waals surface area contributed by atoms with Crippen molar-refractivity contribution in [3.8, 4) is 0 Å². The standard InChI is InChI=1S/C18H25ClN4O/c1-14-16(18(19)22(2)21-14)12-20-13-17(15-6-4-3-5-7-15)23-8-10-24-11-9-23/h3-7,17,20H,8-13H2,1-2H3/t17-/m0/s1. The van der Waals surface area contributed by atoms with Crippen molar-refractivity contribution < 1.29 is 4.74 Å². The smallest absolute Gasteiger partial charge is 0.131 e. The van der Waals surface area contributed by atoms with E-state index in [0.717, 1.165) is 50.7 Å². The minimum absolute atomic E-state index is 0.339. The Bertz CT molecular complexity index is 653. The minimum Gasteiger partial charge on any atom is -0.379 e. The average Bonchev–Trinajstić information content (AvgIpc) is 2.86. The lowest BCUT2D eigenvalue weighted by atomic mass is 10.0. The lowest BCUT2D eigenvalue weighted by Gasteiger charge is -2.35. The zero-order chi connectivity index (χ0) is 16.9. The van der Waals surface area contributed by atoms with Crippen LogP contribution in [0.3, 0.4) is 0 Å². The van der Waals surface area contributed by atoms with Gasteiger partial charge in [0, 0.05) is 44.8 Å². The van der Waals surface area contributed by atoms with Gasteiger partial charge < -0.3 is 10.1 Å². The van der Waals surface area contributed by atoms with E-state index in [1.54, 1.807) is 4.68 Å². The molecule has 0 aliphatic carbocycles. The van der Waals surface area contributed by atoms with Crippen LogP contribution in [-0.2, 0) is 18.3 Å². The van der Waals surface area contributed by atoms with Crippen molar-refractivity contribution in [3.63, 3.8) is 0 Å². The number of nitrogens with one attached hydrogen (secondary N) is 1. The second-order valence-corrected chi connectivity index (χ2v) is 6.54. The first kappa shape index (κ1) is 17.4. The Morgan fingerprint density at radius 3 is 2.58 bits per heavy atom. The second kappa shape index (κ2) is 8.12. The van der Waals surface area contributed by atoms with Gasteiger partial charge in [-0.15, -0.1) is 0 Å². The van der Waals surface area contributed by atoms with Crippen molar-refractivity contribution in [3.05, 3.63) is 52.3 Å². The van der Waals surface area contributed by atoms with Gasteiger partial charge >= 0.3 is 0 Å². The van der Waals surface area contributed by atoms with Crippen LogP contribution < -0.4 is 5.32 Å². The molecule has 1 N–H and O–H groups in total. The molecule has 2 aromatic rings. The summed E-state index contributed by atoms with van der Waals surface area (Å²) in [7, 11) is 1.87. The van der Waals surface area contributed by atoms with E-state index < -0.39 is 0 Å². The van der Waals surface area contributed by atoms with Crippen LogP contribution in [-0.4, -0.2) is 47.5 Å². The zero-order valence-corrected chi connectivity index (χ0v) is 15.1. The highest BCUT2D eigenvalue weighted by molar-refractivity contribution is 6.30. The van der Waals surface area contributed by atoms with Crippen LogP contribution in [0, 0.1) is 6.92 Å². The van der Waals surface area contributed by atoms with E-state index in [4.69, 9.17) is 16.3 Å². The van der Waals surface area contributed by atoms with Gasteiger partial charge in [0.1, 0.15) is 5.15 Å². The number of halogens is 1. The Balaban J connectivity index is 1.68. The summed E-state index contributed by atoms with van der Waals surface area (Å²) < 4.78 is 7.23. The SMILES string of the molecule is Cc1nn(C)c(Cl)c1CNC[C@@H](c1ccccc1)N1CCOCC1. The number of nitrogens with zero attached hydrogens (tertiary/aromatic N) is 3. The van der Waals surface area contributed by atoms with Crippen LogP contribution in [0.15, 0.2) is 30.3 Å². The van der Waals surface area contributed by atoms with Crippen LogP contribution in [0.1, 0.15) is 22.9 Å². The van der Waals surface area contributed by atoms with Crippen LogP contribution >= 0.6 is 11.6 Å². The largest absolute Gasteiger partial charge is 0.379 e. The Morgan fingerprint density at radius 1 is 1.25 bits per heavy atom. The van der Waals surface area contributed by atoms with Crippen molar-refractivity contribution >= 4 is 11.6 Å². The molecular formula is C18H25ClN4O. The minimum atomic E-state index is 0.339. The molecule has 1 atom stereocenters. The van der Waals surface area contributed by atoms with Gasteiger partial charge in [-0.1, -0.05) is 41.9 Å². The van der Waals surface area contributed by atoms with Crippen molar-refractivity contribution in [2.45, 2.75) is 19.5 Å². The van der Waals surface area contributed by atoms with Gasteiger partial charge in [-0.2, -0.15) is 5.10 Å². The number of hydrogen-bond acceptors (Lipinski definition) is 4. The molecule has 3 rings (SSSR count). The molecule has 2 heterocycles. The van der Waals surface area contributed by atoms with E-state index in [-0.39, 0.29) is 0 Å². The second-order valence-electron chi connectivity index (χ2n) is 6.18. The van der Waals surface area contributed by atoms with Gasteiger partial charge in [0.2, 0.25) is 0 Å². The summed E-state index contributed by atoms with van der Waals surface area (Å²) in [6.45, 7) is 7.13. The Hall–Kier alpha value is -1.40. The molecule has 1 aromatic heterocycles. The van der Waals surface area contributed by atoms with E-state index in [2.05, 4.69) is 45.6 Å². The molecule has 0 radical (unpaired) electrons. The molecule has 0 unspecified atom stereocenters. The molecule has 6 heteroatoms. The Kier molecular flexibility index (Phi) is 5.89. The third kappa shape index (κ3) is 3.98. The lowest BCUT2D eigenvalue weighted by molar-refractivity contribution is 0.0161. The van der Waals surface area contributed by atoms with E-state index in [9.17, 15) is 0 Å². The van der Waals surface area contributed by atoms with Gasteiger partial charge in [0.15, 0.2) is 0 Å². The van der Waals surface area contributed by atoms with Crippen molar-refractivity contribution in [2.24, 2.45) is 7.05 Å². The van der Waals surface area contributed by atoms with E-state index in [0.29, 0.717) is 11.2 Å². The molecule has 130 valence electrons. The normalized spacial score (nSPS) is 17.1. The summed E-state index contributed by atoms with van der Waals surface area (Å²) in [6.07, 6.45) is 0. The summed E-state index contributed by atoms with van der Waals surface area (Å²) in [5.41, 5.74) is 3.39. The quantitative estimate of drug-likeness (QED) is 0.871. The number of ether oxygens (including phenoxy) is 1. The topological polar surface area (TPSA) is 42.3 Å². The van der Waals surface area contributed by atoms with Gasteiger partial charge in [-0.25, -0.2) is 0 Å². The summed E-state index contributed by atoms with van der Waals surface area (Å²) >= 11 is 6.33. The molecule has 0 spiro atoms. The third-order valence-corrected chi connectivity index (χ3v) is 5.05. The Labute approximate surface area is 148 Å². The molecule has 0 amide bonds. The fourth-order valence-electron chi connectivity index (χ4n) is 3.23. The molecule has 1 aliphatic heterocycles. The molecule has 1 fully saturated rings. The van der Waals surface area contributed by atoms with Crippen LogP contribution in [0.5, 0.6) is 0 Å². The van der Waals surface area contributed by atoms with E-state index in [1.807, 2.05) is 14.0 Å². The Morgan fingerprint density at radius 2 is 1.96 bits per heavy atom. The first-order valence-corrected chi connectivity index (χ1v) is 8.80. The number of aromatic nitrogens is 2. The monoisotopic (exact) mass is 348 g/mol. The highest BCUT2D eigenvalue weighted by Gasteiger charge is 2.22. The number of rotatable bonds is 6. The first-order chi connectivity index (χ1) is 11.7. The maximum atomic E-state index is 6.33. The van der Waals surface area contributed by atoms with Gasteiger partial charge in [-0.3, -0.25) is 9.58 Å². The number of morpholine rings is 1. The lowest BCUT2D eigenvalue weighted by Crippen LogP contribution is -2.42. The van der Waals surface area contributed by atoms with Crippen LogP contribution in [0.2, 0.25) is 5.15 Å². The molecule has 5 nitrogen and oxygen atoms in total. The number of benzene rings is 1. The summed E-state index contributed by atoms with van der Waals surface area (Å²) in [5, 5.41) is 8.66. The number of aryl methyl sites for hydroxylation is 2. The van der Waals surface area contributed by atoms with Crippen molar-refractivity contribution in [1.29, 1.82) is 0 Å². The average molecular weight is 349 g/mol. The first-order valence-electron chi connectivity index (χ1n) is 8.42. The van der Waals surface area contributed by atoms with Crippen LogP contribution in [0.4, 0.5) is 0 Å². The number of hydrogen-bond donors (Lipinski definition) is 1. The molecule has 1 aliphatic rings. The maximum Gasteiger partial charge on any atom is 0.131 e. The summed E-state index contributed by atoms with van der Waals surface area (Å²) in [6, 6.07) is 11.0. The van der Waals surface area contributed by atoms with E-state index in [1.165, 1.54) is 5.56 Å². The van der Waals surface area contributed by atoms with Crippen molar-refractivity contribution in [2.75, 3.05) is 32.8 Å². The van der Waals surface area contributed by atoms with Gasteiger partial charge in [0.05, 0.1) is 18.9 Å². The fraction of sp³-hybridized carbons (Fsp3) is 0.500. The van der Waals surface area contributed by atoms with Crippen molar-refractivity contribution in [1.82, 2.24) is 20.0 Å². The van der Waals surface area contributed by atoms with Gasteiger partial charge in [-0.05, 0) is 12.5 Å². The van der Waals surface area contributed by atoms with E-state index >= 15 is 0 Å². The maximum absolute atomic E-state index is 6.33. The molecule has 24 heavy (non-hydrogen) atoms. The molecule has 0 saturated carbocycles. The fourth-order valence-corrected chi connectivity index (χ4v) is 3.47. The summed E-state index contributed by atoms with van der Waals surface area (Å²) in [4.78, 5) is 2.49. The zero-order valence-electron chi connectivity index (χ0n) is 14.3. The molecular weight excluding hydrogens is 324 g/mol. The molecule has 1 saturated heterocycles. The summed E-state index contributed by atoms with van der Waals surface area (Å²) in [5.74, 6) is 0. The van der Waals surface area contributed by atoms with Crippen LogP contribution in [0.25, 0.3) is 0 Å². The van der Waals surface area contributed by atoms with Gasteiger partial charge in [0.25, 0.3) is 0 Å². The third-order valence-electron chi connectivity index (χ3n) is 4.58. The predicted molar refractivity (Wildman–Crippen MR) is 96.2 cm³/mol. The molecule has 1 aromatic carbocycles. The highest BCUT2D eigenvalue weighted by atomic mass is 35.5. The highest BCUT2D eigenvalue weighted by Crippen LogP contribution is 2.22.